The zero-order chi connectivity index (χ0) is 13.5. The Kier molecular flexibility index (Phi) is 4.73. The summed E-state index contributed by atoms with van der Waals surface area (Å²) in [5, 5.41) is 3.38. The van der Waals surface area contributed by atoms with Crippen molar-refractivity contribution in [1.29, 1.82) is 0 Å². The van der Waals surface area contributed by atoms with Gasteiger partial charge in [0, 0.05) is 5.56 Å². The van der Waals surface area contributed by atoms with Gasteiger partial charge in [-0.15, -0.1) is 0 Å². The molecule has 0 unspecified atom stereocenters. The number of nitrogens with two attached hydrogens (primary N) is 1. The van der Waals surface area contributed by atoms with Gasteiger partial charge in [0.1, 0.15) is 5.75 Å². The third-order valence-electron chi connectivity index (χ3n) is 1.73. The van der Waals surface area contributed by atoms with Gasteiger partial charge in [0.05, 0.1) is 6.21 Å². The Bertz CT molecular complexity index is 477. The number of ether oxygens (including phenoxy) is 1. The summed E-state index contributed by atoms with van der Waals surface area (Å²) in [5.74, 6) is -2.42. The number of hydrazone groups is 1. The summed E-state index contributed by atoms with van der Waals surface area (Å²) in [4.78, 5) is 21.1. The van der Waals surface area contributed by atoms with E-state index in [-0.39, 0.29) is 11.3 Å². The van der Waals surface area contributed by atoms with E-state index in [9.17, 15) is 18.4 Å². The Labute approximate surface area is 100 Å². The number of carbonyl (C=O) groups is 2. The number of primary amides is 1. The minimum atomic E-state index is -2.97. The Morgan fingerprint density at radius 1 is 1.39 bits per heavy atom. The van der Waals surface area contributed by atoms with Gasteiger partial charge in [-0.3, -0.25) is 9.59 Å². The third kappa shape index (κ3) is 4.16. The third-order valence-corrected chi connectivity index (χ3v) is 1.73. The number of nitrogens with zero attached hydrogens (tertiary/aromatic N) is 1. The van der Waals surface area contributed by atoms with Crippen molar-refractivity contribution in [3.63, 3.8) is 0 Å². The average Bonchev–Trinajstić information content (AvgIpc) is 2.30. The molecule has 0 aliphatic rings. The molecule has 8 heteroatoms. The number of nitrogens with one attached hydrogen (secondary N) is 1. The summed E-state index contributed by atoms with van der Waals surface area (Å²) in [6.07, 6.45) is 1.05. The van der Waals surface area contributed by atoms with Crippen LogP contribution >= 0.6 is 0 Å². The lowest BCUT2D eigenvalue weighted by Crippen LogP contribution is -2.32. The van der Waals surface area contributed by atoms with Crippen LogP contribution in [-0.2, 0) is 9.59 Å². The van der Waals surface area contributed by atoms with Crippen LogP contribution < -0.4 is 15.9 Å². The Balaban J connectivity index is 2.74. The minimum Gasteiger partial charge on any atom is -0.434 e. The highest BCUT2D eigenvalue weighted by atomic mass is 19.3. The molecular formula is C10H9F2N3O3. The predicted molar refractivity (Wildman–Crippen MR) is 58.0 cm³/mol. The molecular weight excluding hydrogens is 248 g/mol. The lowest BCUT2D eigenvalue weighted by atomic mass is 10.2. The van der Waals surface area contributed by atoms with E-state index in [0.29, 0.717) is 0 Å². The molecule has 0 spiro atoms. The van der Waals surface area contributed by atoms with Gasteiger partial charge in [-0.05, 0) is 12.1 Å². The Hall–Kier alpha value is -2.51. The molecule has 0 aromatic heterocycles. The van der Waals surface area contributed by atoms with Crippen LogP contribution in [-0.4, -0.2) is 24.6 Å². The quantitative estimate of drug-likeness (QED) is 0.459. The van der Waals surface area contributed by atoms with Gasteiger partial charge < -0.3 is 10.5 Å². The molecule has 0 atom stereocenters. The van der Waals surface area contributed by atoms with Crippen LogP contribution in [0, 0.1) is 0 Å². The number of benzene rings is 1. The fourth-order valence-corrected chi connectivity index (χ4v) is 1.01. The first-order valence-electron chi connectivity index (χ1n) is 4.67. The maximum absolute atomic E-state index is 12.1. The second kappa shape index (κ2) is 6.28. The van der Waals surface area contributed by atoms with Crippen molar-refractivity contribution in [1.82, 2.24) is 5.43 Å². The van der Waals surface area contributed by atoms with Crippen LogP contribution in [0.4, 0.5) is 8.78 Å². The van der Waals surface area contributed by atoms with Gasteiger partial charge in [0.25, 0.3) is 0 Å². The molecule has 2 amide bonds. The smallest absolute Gasteiger partial charge is 0.387 e. The molecule has 1 aromatic carbocycles. The summed E-state index contributed by atoms with van der Waals surface area (Å²) in [6.45, 7) is -2.97. The highest BCUT2D eigenvalue weighted by Gasteiger charge is 2.08. The highest BCUT2D eigenvalue weighted by Crippen LogP contribution is 2.18. The normalized spacial score (nSPS) is 10.6. The van der Waals surface area contributed by atoms with Gasteiger partial charge in [0.15, 0.2) is 0 Å². The van der Waals surface area contributed by atoms with E-state index in [1.165, 1.54) is 18.2 Å². The summed E-state index contributed by atoms with van der Waals surface area (Å²) in [7, 11) is 0. The summed E-state index contributed by atoms with van der Waals surface area (Å²) in [6, 6.07) is 5.81. The molecule has 3 N–H and O–H groups in total. The van der Waals surface area contributed by atoms with Crippen molar-refractivity contribution in [2.45, 2.75) is 6.61 Å². The van der Waals surface area contributed by atoms with E-state index >= 15 is 0 Å². The maximum atomic E-state index is 12.1. The number of carbonyl (C=O) groups excluding carboxylic acids is 2. The van der Waals surface area contributed by atoms with E-state index in [1.54, 1.807) is 6.07 Å². The minimum absolute atomic E-state index is 0.107. The molecule has 96 valence electrons. The summed E-state index contributed by atoms with van der Waals surface area (Å²) in [5.41, 5.74) is 6.70. The van der Waals surface area contributed by atoms with Gasteiger partial charge in [-0.25, -0.2) is 5.43 Å². The number of halogens is 2. The first-order valence-corrected chi connectivity index (χ1v) is 4.67. The second-order valence-electron chi connectivity index (χ2n) is 2.98. The average molecular weight is 257 g/mol. The topological polar surface area (TPSA) is 93.8 Å². The summed E-state index contributed by atoms with van der Waals surface area (Å²) < 4.78 is 28.3. The van der Waals surface area contributed by atoms with Crippen LogP contribution in [0.5, 0.6) is 5.75 Å². The van der Waals surface area contributed by atoms with E-state index in [0.717, 1.165) is 6.21 Å². The van der Waals surface area contributed by atoms with Crippen LogP contribution in [0.1, 0.15) is 5.56 Å². The van der Waals surface area contributed by atoms with Gasteiger partial charge in [-0.2, -0.15) is 13.9 Å². The van der Waals surface area contributed by atoms with Gasteiger partial charge in [-0.1, -0.05) is 12.1 Å². The zero-order valence-electron chi connectivity index (χ0n) is 8.97. The number of alkyl halides is 2. The van der Waals surface area contributed by atoms with Crippen LogP contribution in [0.3, 0.4) is 0 Å². The lowest BCUT2D eigenvalue weighted by Gasteiger charge is -2.06. The van der Waals surface area contributed by atoms with Crippen molar-refractivity contribution in [2.24, 2.45) is 10.8 Å². The van der Waals surface area contributed by atoms with Crippen molar-refractivity contribution in [3.8, 4) is 5.75 Å². The molecule has 0 saturated heterocycles. The largest absolute Gasteiger partial charge is 0.434 e. The van der Waals surface area contributed by atoms with Crippen molar-refractivity contribution < 1.29 is 23.1 Å². The molecule has 18 heavy (non-hydrogen) atoms. The molecule has 0 heterocycles. The Morgan fingerprint density at radius 2 is 2.06 bits per heavy atom. The van der Waals surface area contributed by atoms with Crippen LogP contribution in [0.15, 0.2) is 29.4 Å². The van der Waals surface area contributed by atoms with Crippen molar-refractivity contribution >= 4 is 18.0 Å². The fourth-order valence-electron chi connectivity index (χ4n) is 1.01. The number of para-hydroxylation sites is 1. The first-order chi connectivity index (χ1) is 8.50. The van der Waals surface area contributed by atoms with E-state index in [1.807, 2.05) is 5.43 Å². The van der Waals surface area contributed by atoms with Crippen molar-refractivity contribution in [2.75, 3.05) is 0 Å². The van der Waals surface area contributed by atoms with E-state index in [2.05, 4.69) is 15.6 Å². The molecule has 0 saturated carbocycles. The molecule has 0 bridgehead atoms. The molecule has 0 radical (unpaired) electrons. The maximum Gasteiger partial charge on any atom is 0.387 e. The SMILES string of the molecule is NC(=O)C(=O)NN=Cc1ccccc1OC(F)F. The van der Waals surface area contributed by atoms with Gasteiger partial charge in [0.2, 0.25) is 0 Å². The predicted octanol–water partition coefficient (Wildman–Crippen LogP) is 0.223. The van der Waals surface area contributed by atoms with Crippen LogP contribution in [0.25, 0.3) is 0 Å². The highest BCUT2D eigenvalue weighted by molar-refractivity contribution is 6.34. The van der Waals surface area contributed by atoms with Crippen LogP contribution in [0.2, 0.25) is 0 Å². The number of hydrogen-bond donors (Lipinski definition) is 2. The molecule has 1 aromatic rings. The van der Waals surface area contributed by atoms with E-state index in [4.69, 9.17) is 0 Å². The lowest BCUT2D eigenvalue weighted by molar-refractivity contribution is -0.137. The monoisotopic (exact) mass is 257 g/mol. The Morgan fingerprint density at radius 3 is 2.67 bits per heavy atom. The fraction of sp³-hybridized carbons (Fsp3) is 0.100. The van der Waals surface area contributed by atoms with Gasteiger partial charge >= 0.3 is 18.4 Å². The number of hydrogen-bond acceptors (Lipinski definition) is 4. The standard InChI is InChI=1S/C10H9F2N3O3/c11-10(12)18-7-4-2-1-3-6(7)5-14-15-9(17)8(13)16/h1-5,10H,(H2,13,16)(H,15,17). The molecule has 0 fully saturated rings. The molecule has 6 nitrogen and oxygen atoms in total. The number of amides is 2. The van der Waals surface area contributed by atoms with E-state index < -0.39 is 18.4 Å². The number of rotatable bonds is 4. The second-order valence-corrected chi connectivity index (χ2v) is 2.98. The molecule has 1 rings (SSSR count). The zero-order valence-corrected chi connectivity index (χ0v) is 8.97. The molecule has 0 aliphatic carbocycles. The molecule has 0 aliphatic heterocycles. The summed E-state index contributed by atoms with van der Waals surface area (Å²) >= 11 is 0. The van der Waals surface area contributed by atoms with Crippen molar-refractivity contribution in [3.05, 3.63) is 29.8 Å². The first kappa shape index (κ1) is 13.6.